The van der Waals surface area contributed by atoms with Crippen molar-refractivity contribution in [1.82, 2.24) is 0 Å². The van der Waals surface area contributed by atoms with E-state index in [4.69, 9.17) is 19.7 Å². The molecule has 0 heterocycles. The summed E-state index contributed by atoms with van der Waals surface area (Å²) in [4.78, 5) is 52.0. The second-order valence-electron chi connectivity index (χ2n) is 8.31. The van der Waals surface area contributed by atoms with Crippen LogP contribution >= 0.6 is 0 Å². The van der Waals surface area contributed by atoms with E-state index in [1.165, 1.54) is 0 Å². The lowest BCUT2D eigenvalue weighted by Gasteiger charge is -2.06. The van der Waals surface area contributed by atoms with Crippen molar-refractivity contribution in [3.63, 3.8) is 0 Å². The zero-order chi connectivity index (χ0) is 25.3. The van der Waals surface area contributed by atoms with Crippen molar-refractivity contribution in [3.05, 3.63) is 0 Å². The van der Waals surface area contributed by atoms with E-state index >= 15 is 0 Å². The Kier molecular flexibility index (Phi) is 21.9. The minimum absolute atomic E-state index is 0.176. The Morgan fingerprint density at radius 1 is 0.412 bits per heavy atom. The van der Waals surface area contributed by atoms with Crippen molar-refractivity contribution < 1.29 is 48.6 Å². The number of carboxylic acids is 2. The van der Waals surface area contributed by atoms with Gasteiger partial charge in [-0.2, -0.15) is 19.4 Å². The predicted molar refractivity (Wildman–Crippen MR) is 123 cm³/mol. The molecule has 34 heavy (non-hydrogen) atoms. The fraction of sp³-hybridized carbons (Fsp3) is 0.833. The van der Waals surface area contributed by atoms with Crippen LogP contribution in [0.2, 0.25) is 0 Å². The van der Waals surface area contributed by atoms with Crippen molar-refractivity contribution in [3.8, 4) is 0 Å². The fourth-order valence-corrected chi connectivity index (χ4v) is 3.31. The first kappa shape index (κ1) is 31.5. The van der Waals surface area contributed by atoms with Crippen LogP contribution in [0.25, 0.3) is 0 Å². The van der Waals surface area contributed by atoms with Crippen molar-refractivity contribution in [2.45, 2.75) is 116 Å². The van der Waals surface area contributed by atoms with Crippen molar-refractivity contribution in [2.24, 2.45) is 0 Å². The number of ether oxygens (including phenoxy) is 2. The monoisotopic (exact) mass is 490 g/mol. The lowest BCUT2D eigenvalue weighted by molar-refractivity contribution is -0.217. The molecule has 0 aliphatic heterocycles. The number of rotatable bonds is 22. The third-order valence-electron chi connectivity index (χ3n) is 5.19. The summed E-state index contributed by atoms with van der Waals surface area (Å²) < 4.78 is 9.63. The number of carboxylic acid groups (broad SMARTS) is 2. The molecule has 0 aromatic carbocycles. The Morgan fingerprint density at radius 2 is 0.676 bits per heavy atom. The maximum Gasteiger partial charge on any atom is 0.549 e. The first-order valence-electron chi connectivity index (χ1n) is 12.5. The molecule has 0 aliphatic carbocycles. The van der Waals surface area contributed by atoms with Crippen molar-refractivity contribution in [2.75, 3.05) is 13.2 Å². The van der Waals surface area contributed by atoms with Crippen LogP contribution in [0, 0.1) is 0 Å². The molecule has 0 bridgehead atoms. The molecule has 10 nitrogen and oxygen atoms in total. The van der Waals surface area contributed by atoms with Gasteiger partial charge in [-0.3, -0.25) is 9.59 Å². The average Bonchev–Trinajstić information content (AvgIpc) is 2.79. The van der Waals surface area contributed by atoms with Gasteiger partial charge in [0.25, 0.3) is 0 Å². The van der Waals surface area contributed by atoms with Gasteiger partial charge < -0.3 is 19.7 Å². The highest BCUT2D eigenvalue weighted by atomic mass is 17.3. The summed E-state index contributed by atoms with van der Waals surface area (Å²) in [6.07, 6.45) is 13.1. The second-order valence-corrected chi connectivity index (χ2v) is 8.31. The lowest BCUT2D eigenvalue weighted by Crippen LogP contribution is -2.14. The summed E-state index contributed by atoms with van der Waals surface area (Å²) in [7, 11) is 0. The van der Waals surface area contributed by atoms with Gasteiger partial charge in [-0.15, -0.1) is 0 Å². The van der Waals surface area contributed by atoms with Crippen LogP contribution in [0.1, 0.15) is 116 Å². The second kappa shape index (κ2) is 23.6. The van der Waals surface area contributed by atoms with Crippen LogP contribution in [0.5, 0.6) is 0 Å². The highest BCUT2D eigenvalue weighted by Crippen LogP contribution is 2.11. The van der Waals surface area contributed by atoms with Crippen LogP contribution in [0.15, 0.2) is 0 Å². The van der Waals surface area contributed by atoms with Gasteiger partial charge in [-0.25, -0.2) is 0 Å². The number of carbonyl (C=O) groups excluding carboxylic acids is 2. The first-order chi connectivity index (χ1) is 16.4. The molecule has 0 aromatic heterocycles. The van der Waals surface area contributed by atoms with Gasteiger partial charge in [-0.05, 0) is 25.7 Å². The smallest absolute Gasteiger partial charge is 0.481 e. The highest BCUT2D eigenvalue weighted by molar-refractivity contribution is 5.66. The van der Waals surface area contributed by atoms with E-state index in [9.17, 15) is 19.2 Å². The lowest BCUT2D eigenvalue weighted by atomic mass is 10.1. The van der Waals surface area contributed by atoms with Gasteiger partial charge in [0, 0.05) is 12.8 Å². The number of unbranched alkanes of at least 4 members (excludes halogenated alkanes) is 14. The normalized spacial score (nSPS) is 10.5. The minimum atomic E-state index is -1.08. The Morgan fingerprint density at radius 3 is 0.971 bits per heavy atom. The van der Waals surface area contributed by atoms with Gasteiger partial charge in [-0.1, -0.05) is 77.0 Å². The molecule has 0 saturated heterocycles. The molecule has 0 atom stereocenters. The summed E-state index contributed by atoms with van der Waals surface area (Å²) in [5.41, 5.74) is 0. The Labute approximate surface area is 202 Å². The van der Waals surface area contributed by atoms with Gasteiger partial charge >= 0.3 is 24.2 Å². The largest absolute Gasteiger partial charge is 0.549 e. The first-order valence-corrected chi connectivity index (χ1v) is 12.5. The van der Waals surface area contributed by atoms with Crippen LogP contribution in [0.3, 0.4) is 0 Å². The molecular weight excluding hydrogens is 448 g/mol. The summed E-state index contributed by atoms with van der Waals surface area (Å²) in [5.74, 6) is -1.49. The van der Waals surface area contributed by atoms with E-state index in [1.54, 1.807) is 0 Å². The Balaban J connectivity index is 3.33. The van der Waals surface area contributed by atoms with Gasteiger partial charge in [0.2, 0.25) is 0 Å². The topological polar surface area (TPSA) is 146 Å². The molecule has 0 spiro atoms. The van der Waals surface area contributed by atoms with Crippen LogP contribution in [-0.4, -0.2) is 47.7 Å². The Bertz CT molecular complexity index is 502. The van der Waals surface area contributed by atoms with E-state index in [2.05, 4.69) is 9.78 Å². The van der Waals surface area contributed by atoms with E-state index in [-0.39, 0.29) is 26.1 Å². The van der Waals surface area contributed by atoms with Gasteiger partial charge in [0.15, 0.2) is 0 Å². The summed E-state index contributed by atoms with van der Waals surface area (Å²) in [5, 5.41) is 17.1. The quantitative estimate of drug-likeness (QED) is 0.0756. The standard InChI is InChI=1S/C24H42O10/c25-21(26)17-13-9-5-1-3-7-11-15-19-31-23(29)33-34-24(30)32-20-16-12-8-4-2-6-10-14-18-22(27)28/h1-20H2,(H,25,26)(H,27,28). The predicted octanol–water partition coefficient (Wildman–Crippen LogP) is 6.40. The summed E-state index contributed by atoms with van der Waals surface area (Å²) >= 11 is 0. The molecule has 0 fully saturated rings. The molecule has 0 aromatic rings. The van der Waals surface area contributed by atoms with Crippen LogP contribution in [0.4, 0.5) is 9.59 Å². The van der Waals surface area contributed by atoms with Gasteiger partial charge in [0.05, 0.1) is 13.2 Å². The summed E-state index contributed by atoms with van der Waals surface area (Å²) in [6.45, 7) is 0.352. The zero-order valence-corrected chi connectivity index (χ0v) is 20.3. The molecule has 0 unspecified atom stereocenters. The van der Waals surface area contributed by atoms with E-state index in [0.29, 0.717) is 12.8 Å². The molecule has 198 valence electrons. The number of hydrogen-bond donors (Lipinski definition) is 2. The zero-order valence-electron chi connectivity index (χ0n) is 20.3. The van der Waals surface area contributed by atoms with Crippen LogP contribution in [-0.2, 0) is 28.8 Å². The fourth-order valence-electron chi connectivity index (χ4n) is 3.31. The molecule has 0 radical (unpaired) electrons. The Hall–Kier alpha value is -2.52. The third-order valence-corrected chi connectivity index (χ3v) is 5.19. The number of hydrogen-bond acceptors (Lipinski definition) is 8. The number of carbonyl (C=O) groups is 4. The molecular formula is C24H42O10. The van der Waals surface area contributed by atoms with E-state index < -0.39 is 24.2 Å². The molecule has 10 heteroatoms. The molecule has 2 N–H and O–H groups in total. The third kappa shape index (κ3) is 25.7. The minimum Gasteiger partial charge on any atom is -0.481 e. The molecule has 0 aliphatic rings. The number of aliphatic carboxylic acids is 2. The van der Waals surface area contributed by atoms with E-state index in [1.807, 2.05) is 0 Å². The highest BCUT2D eigenvalue weighted by Gasteiger charge is 2.11. The van der Waals surface area contributed by atoms with Crippen molar-refractivity contribution >= 4 is 24.2 Å². The van der Waals surface area contributed by atoms with Crippen molar-refractivity contribution in [1.29, 1.82) is 0 Å². The summed E-state index contributed by atoms with van der Waals surface area (Å²) in [6, 6.07) is 0. The molecule has 0 rings (SSSR count). The average molecular weight is 491 g/mol. The van der Waals surface area contributed by atoms with Crippen LogP contribution < -0.4 is 0 Å². The maximum absolute atomic E-state index is 11.4. The van der Waals surface area contributed by atoms with E-state index in [0.717, 1.165) is 89.9 Å². The SMILES string of the molecule is O=C(O)CCCCCCCCCCOC(=O)OOC(=O)OCCCCCCCCCCC(=O)O. The molecule has 0 amide bonds. The molecule has 0 saturated carbocycles. The van der Waals surface area contributed by atoms with Gasteiger partial charge in [0.1, 0.15) is 0 Å². The maximum atomic E-state index is 11.4.